The van der Waals surface area contributed by atoms with Crippen molar-refractivity contribution in [3.05, 3.63) is 120 Å². The average molecular weight is 564 g/mol. The fourth-order valence-corrected chi connectivity index (χ4v) is 7.02. The molecule has 41 heavy (non-hydrogen) atoms. The van der Waals surface area contributed by atoms with Gasteiger partial charge in [-0.15, -0.1) is 0 Å². The van der Waals surface area contributed by atoms with Crippen molar-refractivity contribution >= 4 is 21.4 Å². The lowest BCUT2D eigenvalue weighted by Gasteiger charge is -2.15. The Bertz CT molecular complexity index is 1820. The fourth-order valence-electron chi connectivity index (χ4n) is 5.33. The molecular formula is C32H29N5O3S. The summed E-state index contributed by atoms with van der Waals surface area (Å²) in [5.41, 5.74) is 7.13. The topological polar surface area (TPSA) is 107 Å². The number of amides is 1. The number of sulfone groups is 1. The minimum atomic E-state index is -3.14. The Kier molecular flexibility index (Phi) is 7.19. The van der Waals surface area contributed by atoms with E-state index in [1.54, 1.807) is 24.5 Å². The molecule has 206 valence electrons. The molecule has 2 aromatic carbocycles. The number of carbonyl (C=O) groups excluding carboxylic acids is 1. The molecular weight excluding hydrogens is 534 g/mol. The van der Waals surface area contributed by atoms with E-state index in [9.17, 15) is 13.2 Å². The predicted molar refractivity (Wildman–Crippen MR) is 159 cm³/mol. The maximum atomic E-state index is 13.1. The molecule has 0 saturated carbocycles. The summed E-state index contributed by atoms with van der Waals surface area (Å²) in [7, 11) is -3.14. The maximum absolute atomic E-state index is 13.1. The number of benzene rings is 2. The van der Waals surface area contributed by atoms with Crippen LogP contribution < -0.4 is 5.32 Å². The van der Waals surface area contributed by atoms with E-state index in [0.29, 0.717) is 35.5 Å². The summed E-state index contributed by atoms with van der Waals surface area (Å²) in [6, 6.07) is 26.5. The van der Waals surface area contributed by atoms with Crippen LogP contribution in [-0.2, 0) is 16.3 Å². The molecule has 1 aliphatic heterocycles. The van der Waals surface area contributed by atoms with Crippen LogP contribution in [0.25, 0.3) is 22.6 Å². The molecule has 1 N–H and O–H groups in total. The van der Waals surface area contributed by atoms with Gasteiger partial charge in [0, 0.05) is 46.9 Å². The first-order valence-electron chi connectivity index (χ1n) is 13.5. The Balaban J connectivity index is 1.44. The van der Waals surface area contributed by atoms with Gasteiger partial charge < -0.3 is 5.32 Å². The summed E-state index contributed by atoms with van der Waals surface area (Å²) in [4.78, 5) is 21.9. The lowest BCUT2D eigenvalue weighted by atomic mass is 9.96. The predicted octanol–water partition coefficient (Wildman–Crippen LogP) is 5.52. The van der Waals surface area contributed by atoms with Crippen LogP contribution in [0, 0.1) is 6.92 Å². The van der Waals surface area contributed by atoms with Crippen molar-refractivity contribution in [3.8, 4) is 22.6 Å². The summed E-state index contributed by atoms with van der Waals surface area (Å²) in [5, 5.41) is 7.98. The van der Waals surface area contributed by atoms with Crippen molar-refractivity contribution in [3.63, 3.8) is 0 Å². The van der Waals surface area contributed by atoms with Crippen molar-refractivity contribution in [1.82, 2.24) is 19.7 Å². The van der Waals surface area contributed by atoms with Crippen molar-refractivity contribution < 1.29 is 13.2 Å². The zero-order valence-corrected chi connectivity index (χ0v) is 23.4. The largest absolute Gasteiger partial charge is 0.322 e. The van der Waals surface area contributed by atoms with Gasteiger partial charge in [0.2, 0.25) is 0 Å². The lowest BCUT2D eigenvalue weighted by molar-refractivity contribution is 0.102. The Morgan fingerprint density at radius 2 is 1.78 bits per heavy atom. The number of nitrogens with zero attached hydrogens (tertiary/aromatic N) is 4. The molecule has 0 bridgehead atoms. The van der Waals surface area contributed by atoms with Crippen LogP contribution in [0.1, 0.15) is 39.6 Å². The molecule has 1 unspecified atom stereocenters. The van der Waals surface area contributed by atoms with Gasteiger partial charge in [0.1, 0.15) is 5.69 Å². The Hall–Kier alpha value is -4.63. The third-order valence-corrected chi connectivity index (χ3v) is 8.99. The Labute approximate surface area is 239 Å². The molecule has 4 heterocycles. The first kappa shape index (κ1) is 26.6. The molecule has 9 heteroatoms. The molecule has 8 nitrogen and oxygen atoms in total. The smallest absolute Gasteiger partial charge is 0.255 e. The van der Waals surface area contributed by atoms with Gasteiger partial charge in [0.05, 0.1) is 28.9 Å². The quantitative estimate of drug-likeness (QED) is 0.280. The summed E-state index contributed by atoms with van der Waals surface area (Å²) in [5.74, 6) is -0.00831. The molecule has 6 rings (SSSR count). The molecule has 1 amide bonds. The molecule has 1 saturated heterocycles. The molecule has 1 fully saturated rings. The second-order valence-electron chi connectivity index (χ2n) is 10.3. The van der Waals surface area contributed by atoms with Gasteiger partial charge in [-0.25, -0.2) is 8.42 Å². The number of nitrogens with one attached hydrogen (secondary N) is 1. The van der Waals surface area contributed by atoms with Gasteiger partial charge in [-0.05, 0) is 55.3 Å². The summed E-state index contributed by atoms with van der Waals surface area (Å²) in [6.45, 7) is 1.88. The van der Waals surface area contributed by atoms with E-state index in [-0.39, 0.29) is 23.5 Å². The van der Waals surface area contributed by atoms with Gasteiger partial charge in [-0.1, -0.05) is 48.5 Å². The molecule has 3 aromatic heterocycles. The number of aryl methyl sites for hydroxylation is 1. The second kappa shape index (κ2) is 11.1. The number of hydrogen-bond acceptors (Lipinski definition) is 6. The lowest BCUT2D eigenvalue weighted by Crippen LogP contribution is -2.14. The Morgan fingerprint density at radius 3 is 2.51 bits per heavy atom. The summed E-state index contributed by atoms with van der Waals surface area (Å²) >= 11 is 0. The van der Waals surface area contributed by atoms with E-state index in [1.165, 1.54) is 0 Å². The van der Waals surface area contributed by atoms with Crippen LogP contribution in [0.15, 0.2) is 97.3 Å². The third kappa shape index (κ3) is 5.81. The highest BCUT2D eigenvalue weighted by Crippen LogP contribution is 2.37. The van der Waals surface area contributed by atoms with Crippen LogP contribution in [0.2, 0.25) is 0 Å². The average Bonchev–Trinajstić information content (AvgIpc) is 3.53. The number of hydrogen-bond donors (Lipinski definition) is 1. The second-order valence-corrected chi connectivity index (χ2v) is 12.5. The van der Waals surface area contributed by atoms with Crippen molar-refractivity contribution in [2.75, 3.05) is 16.8 Å². The van der Waals surface area contributed by atoms with Crippen molar-refractivity contribution in [2.24, 2.45) is 0 Å². The molecule has 1 atom stereocenters. The minimum absolute atomic E-state index is 0.0553. The third-order valence-electron chi connectivity index (χ3n) is 7.24. The van der Waals surface area contributed by atoms with Crippen LogP contribution in [0.3, 0.4) is 0 Å². The highest BCUT2D eigenvalue weighted by Gasteiger charge is 2.33. The number of carbonyl (C=O) groups is 1. The molecule has 0 radical (unpaired) electrons. The van der Waals surface area contributed by atoms with E-state index in [2.05, 4.69) is 15.3 Å². The van der Waals surface area contributed by atoms with Crippen molar-refractivity contribution in [2.45, 2.75) is 25.8 Å². The fraction of sp³-hybridized carbons (Fsp3) is 0.188. The standard InChI is InChI=1S/C32H29N5O3S/c1-22-18-26(13-16-33-22)35-32(38)25-11-7-8-23(19-25)20-28-30(29-12-5-6-15-34-29)36-37(27-14-17-41(39,40)21-27)31(28)24-9-3-2-4-10-24/h2-13,15-16,18-19,27H,14,17,20-21H2,1H3,(H,33,35,38). The van der Waals surface area contributed by atoms with E-state index in [0.717, 1.165) is 28.1 Å². The number of pyridine rings is 2. The van der Waals surface area contributed by atoms with Crippen LogP contribution in [0.4, 0.5) is 5.69 Å². The minimum Gasteiger partial charge on any atom is -0.322 e. The van der Waals surface area contributed by atoms with Gasteiger partial charge in [0.15, 0.2) is 9.84 Å². The molecule has 0 aliphatic carbocycles. The zero-order valence-electron chi connectivity index (χ0n) is 22.6. The van der Waals surface area contributed by atoms with E-state index in [4.69, 9.17) is 5.10 Å². The number of anilines is 1. The number of rotatable bonds is 7. The molecule has 0 spiro atoms. The van der Waals surface area contributed by atoms with Gasteiger partial charge >= 0.3 is 0 Å². The van der Waals surface area contributed by atoms with Crippen LogP contribution >= 0.6 is 0 Å². The molecule has 1 aliphatic rings. The van der Waals surface area contributed by atoms with Crippen molar-refractivity contribution in [1.29, 1.82) is 0 Å². The number of aromatic nitrogens is 4. The first-order chi connectivity index (χ1) is 19.9. The van der Waals surface area contributed by atoms with Crippen LogP contribution in [0.5, 0.6) is 0 Å². The van der Waals surface area contributed by atoms with Gasteiger partial charge in [-0.2, -0.15) is 5.10 Å². The van der Waals surface area contributed by atoms with E-state index in [1.807, 2.05) is 84.4 Å². The normalized spacial score (nSPS) is 16.0. The summed E-state index contributed by atoms with van der Waals surface area (Å²) in [6.07, 6.45) is 4.38. The summed E-state index contributed by atoms with van der Waals surface area (Å²) < 4.78 is 26.8. The van der Waals surface area contributed by atoms with Crippen LogP contribution in [-0.4, -0.2) is 45.6 Å². The SMILES string of the molecule is Cc1cc(NC(=O)c2cccc(Cc3c(-c4ccccn4)nn(C4CCS(=O)(=O)C4)c3-c3ccccc3)c2)ccn1. The first-order valence-corrected chi connectivity index (χ1v) is 15.3. The van der Waals surface area contributed by atoms with E-state index >= 15 is 0 Å². The van der Waals surface area contributed by atoms with Gasteiger partial charge in [0.25, 0.3) is 5.91 Å². The maximum Gasteiger partial charge on any atom is 0.255 e. The highest BCUT2D eigenvalue weighted by atomic mass is 32.2. The molecule has 5 aromatic rings. The van der Waals surface area contributed by atoms with Gasteiger partial charge in [-0.3, -0.25) is 19.4 Å². The zero-order chi connectivity index (χ0) is 28.4. The van der Waals surface area contributed by atoms with E-state index < -0.39 is 9.84 Å². The Morgan fingerprint density at radius 1 is 0.951 bits per heavy atom. The highest BCUT2D eigenvalue weighted by molar-refractivity contribution is 7.91. The monoisotopic (exact) mass is 563 g/mol.